The lowest BCUT2D eigenvalue weighted by Crippen LogP contribution is -2.47. The minimum Gasteiger partial charge on any atom is -0.396 e. The van der Waals surface area contributed by atoms with Gasteiger partial charge in [-0.1, -0.05) is 37.3 Å². The number of carbonyl (C=O) groups excluding carboxylic acids is 1. The Morgan fingerprint density at radius 1 is 1.32 bits per heavy atom. The number of aliphatic hydroxyl groups excluding tert-OH is 1. The first kappa shape index (κ1) is 15.7. The summed E-state index contributed by atoms with van der Waals surface area (Å²) in [5, 5.41) is 11.9. The summed E-state index contributed by atoms with van der Waals surface area (Å²) in [6.07, 6.45) is 1.41. The lowest BCUT2D eigenvalue weighted by molar-refractivity contribution is -0.123. The van der Waals surface area contributed by atoms with Gasteiger partial charge in [0.15, 0.2) is 0 Å². The van der Waals surface area contributed by atoms with E-state index < -0.39 is 6.04 Å². The smallest absolute Gasteiger partial charge is 0.237 e. The predicted octanol–water partition coefficient (Wildman–Crippen LogP) is 1.08. The Balaban J connectivity index is 2.37. The zero-order valence-electron chi connectivity index (χ0n) is 11.7. The molecule has 1 rings (SSSR count). The van der Waals surface area contributed by atoms with Crippen LogP contribution >= 0.6 is 0 Å². The number of benzene rings is 1. The minimum absolute atomic E-state index is 0.0327. The van der Waals surface area contributed by atoms with Crippen LogP contribution in [-0.4, -0.2) is 29.7 Å². The second-order valence-electron chi connectivity index (χ2n) is 5.09. The van der Waals surface area contributed by atoms with Crippen molar-refractivity contribution in [2.24, 2.45) is 11.7 Å². The third-order valence-corrected chi connectivity index (χ3v) is 3.44. The summed E-state index contributed by atoms with van der Waals surface area (Å²) in [6.45, 7) is 3.82. The fourth-order valence-electron chi connectivity index (χ4n) is 1.73. The fourth-order valence-corrected chi connectivity index (χ4v) is 1.73. The van der Waals surface area contributed by atoms with Crippen LogP contribution in [0.25, 0.3) is 0 Å². The third kappa shape index (κ3) is 5.41. The standard InChI is InChI=1S/C15H24N2O2/c1-11(10-18)12(2)17-15(19)14(16)9-8-13-6-4-3-5-7-13/h3-7,11-12,14,18H,8-10,16H2,1-2H3,(H,17,19). The number of amides is 1. The molecule has 1 aromatic carbocycles. The zero-order chi connectivity index (χ0) is 14.3. The van der Waals surface area contributed by atoms with Crippen molar-refractivity contribution >= 4 is 5.91 Å². The van der Waals surface area contributed by atoms with Gasteiger partial charge in [0, 0.05) is 12.6 Å². The first-order valence-electron chi connectivity index (χ1n) is 6.75. The Morgan fingerprint density at radius 3 is 2.53 bits per heavy atom. The molecule has 0 heterocycles. The van der Waals surface area contributed by atoms with Gasteiger partial charge in [-0.25, -0.2) is 0 Å². The van der Waals surface area contributed by atoms with Gasteiger partial charge in [-0.3, -0.25) is 4.79 Å². The van der Waals surface area contributed by atoms with Crippen LogP contribution in [0, 0.1) is 5.92 Å². The second kappa shape index (κ2) is 7.92. The molecule has 3 atom stereocenters. The highest BCUT2D eigenvalue weighted by atomic mass is 16.3. The zero-order valence-corrected chi connectivity index (χ0v) is 11.7. The molecule has 0 saturated heterocycles. The molecule has 3 unspecified atom stereocenters. The van der Waals surface area contributed by atoms with Gasteiger partial charge in [-0.05, 0) is 31.2 Å². The molecule has 0 spiro atoms. The highest BCUT2D eigenvalue weighted by Crippen LogP contribution is 2.05. The van der Waals surface area contributed by atoms with Gasteiger partial charge < -0.3 is 16.2 Å². The SMILES string of the molecule is CC(CO)C(C)NC(=O)C(N)CCc1ccccc1. The van der Waals surface area contributed by atoms with Gasteiger partial charge in [0.2, 0.25) is 5.91 Å². The summed E-state index contributed by atoms with van der Waals surface area (Å²) in [4.78, 5) is 11.9. The van der Waals surface area contributed by atoms with Crippen LogP contribution in [-0.2, 0) is 11.2 Å². The van der Waals surface area contributed by atoms with Crippen molar-refractivity contribution in [3.8, 4) is 0 Å². The molecule has 0 aliphatic carbocycles. The molecule has 0 bridgehead atoms. The lowest BCUT2D eigenvalue weighted by Gasteiger charge is -2.21. The van der Waals surface area contributed by atoms with E-state index in [1.165, 1.54) is 5.56 Å². The minimum atomic E-state index is -0.506. The fraction of sp³-hybridized carbons (Fsp3) is 0.533. The highest BCUT2D eigenvalue weighted by molar-refractivity contribution is 5.81. The Bertz CT molecular complexity index is 381. The van der Waals surface area contributed by atoms with Gasteiger partial charge in [0.05, 0.1) is 6.04 Å². The molecular weight excluding hydrogens is 240 g/mol. The van der Waals surface area contributed by atoms with E-state index in [9.17, 15) is 4.79 Å². The maximum absolute atomic E-state index is 11.9. The van der Waals surface area contributed by atoms with E-state index in [2.05, 4.69) is 5.32 Å². The third-order valence-electron chi connectivity index (χ3n) is 3.44. The topological polar surface area (TPSA) is 75.3 Å². The van der Waals surface area contributed by atoms with Crippen molar-refractivity contribution in [3.05, 3.63) is 35.9 Å². The highest BCUT2D eigenvalue weighted by Gasteiger charge is 2.18. The van der Waals surface area contributed by atoms with E-state index in [1.807, 2.05) is 44.2 Å². The van der Waals surface area contributed by atoms with Crippen molar-refractivity contribution < 1.29 is 9.90 Å². The molecule has 19 heavy (non-hydrogen) atoms. The predicted molar refractivity (Wildman–Crippen MR) is 76.6 cm³/mol. The average Bonchev–Trinajstić information content (AvgIpc) is 2.44. The Hall–Kier alpha value is -1.39. The van der Waals surface area contributed by atoms with Crippen molar-refractivity contribution in [3.63, 3.8) is 0 Å². The molecule has 1 aromatic rings. The monoisotopic (exact) mass is 264 g/mol. The van der Waals surface area contributed by atoms with Crippen LogP contribution < -0.4 is 11.1 Å². The van der Waals surface area contributed by atoms with Crippen LogP contribution in [0.15, 0.2) is 30.3 Å². The first-order chi connectivity index (χ1) is 9.04. The van der Waals surface area contributed by atoms with E-state index in [0.717, 1.165) is 6.42 Å². The summed E-state index contributed by atoms with van der Waals surface area (Å²) in [7, 11) is 0. The van der Waals surface area contributed by atoms with Crippen LogP contribution in [0.4, 0.5) is 0 Å². The van der Waals surface area contributed by atoms with Crippen molar-refractivity contribution in [2.75, 3.05) is 6.61 Å². The Morgan fingerprint density at radius 2 is 1.95 bits per heavy atom. The number of nitrogens with two attached hydrogens (primary N) is 1. The molecule has 4 nitrogen and oxygen atoms in total. The molecule has 0 aromatic heterocycles. The summed E-state index contributed by atoms with van der Waals surface area (Å²) in [5.41, 5.74) is 7.06. The maximum atomic E-state index is 11.9. The van der Waals surface area contributed by atoms with Crippen molar-refractivity contribution in [1.82, 2.24) is 5.32 Å². The van der Waals surface area contributed by atoms with E-state index in [0.29, 0.717) is 6.42 Å². The summed E-state index contributed by atoms with van der Waals surface area (Å²) < 4.78 is 0. The molecule has 0 fully saturated rings. The number of hydrogen-bond donors (Lipinski definition) is 3. The lowest BCUT2D eigenvalue weighted by atomic mass is 10.0. The van der Waals surface area contributed by atoms with Gasteiger partial charge in [-0.15, -0.1) is 0 Å². The quantitative estimate of drug-likeness (QED) is 0.690. The summed E-state index contributed by atoms with van der Waals surface area (Å²) in [6, 6.07) is 9.41. The number of carbonyl (C=O) groups is 1. The number of nitrogens with one attached hydrogen (secondary N) is 1. The molecule has 0 saturated carbocycles. The molecule has 0 aliphatic rings. The molecule has 0 radical (unpaired) electrons. The van der Waals surface area contributed by atoms with Crippen molar-refractivity contribution in [1.29, 1.82) is 0 Å². The van der Waals surface area contributed by atoms with Gasteiger partial charge in [0.25, 0.3) is 0 Å². The van der Waals surface area contributed by atoms with Crippen LogP contribution in [0.5, 0.6) is 0 Å². The Kier molecular flexibility index (Phi) is 6.53. The van der Waals surface area contributed by atoms with Gasteiger partial charge in [0.1, 0.15) is 0 Å². The van der Waals surface area contributed by atoms with Crippen LogP contribution in [0.3, 0.4) is 0 Å². The van der Waals surface area contributed by atoms with Crippen LogP contribution in [0.2, 0.25) is 0 Å². The molecule has 106 valence electrons. The average molecular weight is 264 g/mol. The summed E-state index contributed by atoms with van der Waals surface area (Å²) >= 11 is 0. The van der Waals surface area contributed by atoms with E-state index >= 15 is 0 Å². The molecule has 4 heteroatoms. The summed E-state index contributed by atoms with van der Waals surface area (Å²) in [5.74, 6) is -0.117. The first-order valence-corrected chi connectivity index (χ1v) is 6.75. The van der Waals surface area contributed by atoms with Gasteiger partial charge in [-0.2, -0.15) is 0 Å². The van der Waals surface area contributed by atoms with Crippen LogP contribution in [0.1, 0.15) is 25.8 Å². The van der Waals surface area contributed by atoms with E-state index in [-0.39, 0.29) is 24.5 Å². The Labute approximate surface area is 115 Å². The normalized spacial score (nSPS) is 15.6. The molecule has 0 aliphatic heterocycles. The van der Waals surface area contributed by atoms with Gasteiger partial charge >= 0.3 is 0 Å². The van der Waals surface area contributed by atoms with Crippen molar-refractivity contribution in [2.45, 2.75) is 38.8 Å². The number of rotatable bonds is 7. The van der Waals surface area contributed by atoms with E-state index in [1.54, 1.807) is 0 Å². The number of aryl methyl sites for hydroxylation is 1. The molecule has 4 N–H and O–H groups in total. The molecule has 1 amide bonds. The number of hydrogen-bond acceptors (Lipinski definition) is 3. The molecular formula is C15H24N2O2. The second-order valence-corrected chi connectivity index (χ2v) is 5.09. The largest absolute Gasteiger partial charge is 0.396 e. The maximum Gasteiger partial charge on any atom is 0.237 e. The number of aliphatic hydroxyl groups is 1. The van der Waals surface area contributed by atoms with E-state index in [4.69, 9.17) is 10.8 Å².